The smallest absolute Gasteiger partial charge is 0.257 e. The van der Waals surface area contributed by atoms with Crippen molar-refractivity contribution < 1.29 is 17.3 Å². The Morgan fingerprint density at radius 2 is 1.73 bits per heavy atom. The highest BCUT2D eigenvalue weighted by atomic mass is 32.2. The maximum Gasteiger partial charge on any atom is 0.257 e. The minimum absolute atomic E-state index is 0.0365. The Bertz CT molecular complexity index is 1170. The number of aromatic nitrogens is 2. The number of aryl methyl sites for hydroxylation is 2. The molecule has 0 spiro atoms. The average Bonchev–Trinajstić information content (AvgIpc) is 3.43. The summed E-state index contributed by atoms with van der Waals surface area (Å²) in [5, 5.41) is 4.08. The van der Waals surface area contributed by atoms with Crippen LogP contribution in [0.1, 0.15) is 42.1 Å². The van der Waals surface area contributed by atoms with E-state index < -0.39 is 10.0 Å². The molecule has 0 radical (unpaired) electrons. The molecule has 2 heterocycles. The van der Waals surface area contributed by atoms with Gasteiger partial charge in [-0.3, -0.25) is 0 Å². The molecule has 2 aliphatic rings. The summed E-state index contributed by atoms with van der Waals surface area (Å²) in [4.78, 5) is 4.84. The summed E-state index contributed by atoms with van der Waals surface area (Å²) in [5.74, 6) is 0.631. The third-order valence-corrected chi connectivity index (χ3v) is 7.95. The van der Waals surface area contributed by atoms with Crippen LogP contribution in [0.2, 0.25) is 0 Å². The van der Waals surface area contributed by atoms with Gasteiger partial charge in [0, 0.05) is 24.6 Å². The lowest BCUT2D eigenvalue weighted by molar-refractivity contribution is 0.307. The third-order valence-electron chi connectivity index (χ3n) is 6.06. The number of halogens is 1. The number of fused-ring (bicyclic) bond motifs is 1. The molecule has 5 rings (SSSR count). The molecule has 6 nitrogen and oxygen atoms in total. The first-order valence-electron chi connectivity index (χ1n) is 10.2. The zero-order chi connectivity index (χ0) is 20.7. The molecule has 0 atom stereocenters. The van der Waals surface area contributed by atoms with Crippen molar-refractivity contribution in [3.8, 4) is 11.5 Å². The highest BCUT2D eigenvalue weighted by Crippen LogP contribution is 2.32. The van der Waals surface area contributed by atoms with Gasteiger partial charge in [0.25, 0.3) is 5.89 Å². The predicted molar refractivity (Wildman–Crippen MR) is 109 cm³/mol. The number of hydrogen-bond acceptors (Lipinski definition) is 5. The molecular weight excluding hydrogens is 405 g/mol. The summed E-state index contributed by atoms with van der Waals surface area (Å²) in [6.45, 7) is 0.842. The maximum atomic E-state index is 13.1. The summed E-state index contributed by atoms with van der Waals surface area (Å²) in [6, 6.07) is 11.4. The van der Waals surface area contributed by atoms with Crippen molar-refractivity contribution in [2.24, 2.45) is 0 Å². The van der Waals surface area contributed by atoms with Gasteiger partial charge in [-0.1, -0.05) is 11.2 Å². The van der Waals surface area contributed by atoms with Crippen molar-refractivity contribution in [1.82, 2.24) is 14.4 Å². The molecule has 2 aromatic carbocycles. The van der Waals surface area contributed by atoms with E-state index >= 15 is 0 Å². The number of hydrogen-bond donors (Lipinski definition) is 0. The molecule has 3 aromatic rings. The van der Waals surface area contributed by atoms with Gasteiger partial charge in [0.1, 0.15) is 5.82 Å². The lowest BCUT2D eigenvalue weighted by Crippen LogP contribution is -2.38. The van der Waals surface area contributed by atoms with E-state index in [1.54, 1.807) is 22.5 Å². The first kappa shape index (κ1) is 19.4. The largest absolute Gasteiger partial charge is 0.334 e. The van der Waals surface area contributed by atoms with Crippen LogP contribution >= 0.6 is 0 Å². The van der Waals surface area contributed by atoms with Crippen molar-refractivity contribution >= 4 is 10.0 Å². The Labute approximate surface area is 174 Å². The summed E-state index contributed by atoms with van der Waals surface area (Å²) in [6.07, 6.45) is 4.34. The quantitative estimate of drug-likeness (QED) is 0.631. The number of nitrogens with zero attached hydrogens (tertiary/aromatic N) is 3. The summed E-state index contributed by atoms with van der Waals surface area (Å²) >= 11 is 0. The summed E-state index contributed by atoms with van der Waals surface area (Å²) in [5.41, 5.74) is 3.08. The van der Waals surface area contributed by atoms with E-state index in [9.17, 15) is 12.8 Å². The second kappa shape index (κ2) is 7.59. The lowest BCUT2D eigenvalue weighted by atomic mass is 9.97. The molecule has 1 saturated heterocycles. The zero-order valence-corrected chi connectivity index (χ0v) is 17.2. The predicted octanol–water partition coefficient (Wildman–Crippen LogP) is 3.93. The van der Waals surface area contributed by atoms with E-state index in [-0.39, 0.29) is 11.7 Å². The van der Waals surface area contributed by atoms with E-state index in [1.165, 1.54) is 17.7 Å². The van der Waals surface area contributed by atoms with Gasteiger partial charge in [0.05, 0.1) is 4.90 Å². The second-order valence-electron chi connectivity index (χ2n) is 7.93. The van der Waals surface area contributed by atoms with E-state index in [4.69, 9.17) is 4.52 Å². The van der Waals surface area contributed by atoms with Crippen molar-refractivity contribution in [3.63, 3.8) is 0 Å². The maximum absolute atomic E-state index is 13.1. The fourth-order valence-electron chi connectivity index (χ4n) is 4.32. The molecule has 0 unspecified atom stereocenters. The molecule has 0 amide bonds. The van der Waals surface area contributed by atoms with Gasteiger partial charge in [-0.2, -0.15) is 9.29 Å². The SMILES string of the molecule is O=S(=O)(c1ccc2c(c1)CCC2)N1CCC(c2noc(-c3ccc(F)cc3)n2)CC1. The van der Waals surface area contributed by atoms with Crippen LogP contribution in [0.3, 0.4) is 0 Å². The van der Waals surface area contributed by atoms with Crippen molar-refractivity contribution in [2.75, 3.05) is 13.1 Å². The Balaban J connectivity index is 1.28. The van der Waals surface area contributed by atoms with E-state index in [0.717, 1.165) is 24.8 Å². The van der Waals surface area contributed by atoms with Gasteiger partial charge in [0.15, 0.2) is 5.82 Å². The average molecular weight is 428 g/mol. The van der Waals surface area contributed by atoms with Gasteiger partial charge in [-0.15, -0.1) is 0 Å². The molecule has 8 heteroatoms. The van der Waals surface area contributed by atoms with Crippen LogP contribution in [0.4, 0.5) is 4.39 Å². The Morgan fingerprint density at radius 3 is 2.50 bits per heavy atom. The summed E-state index contributed by atoms with van der Waals surface area (Å²) in [7, 11) is -3.50. The monoisotopic (exact) mass is 427 g/mol. The summed E-state index contributed by atoms with van der Waals surface area (Å²) < 4.78 is 46.2. The lowest BCUT2D eigenvalue weighted by Gasteiger charge is -2.29. The van der Waals surface area contributed by atoms with E-state index in [2.05, 4.69) is 10.1 Å². The third kappa shape index (κ3) is 3.54. The van der Waals surface area contributed by atoms with Gasteiger partial charge in [0.2, 0.25) is 10.0 Å². The highest BCUT2D eigenvalue weighted by molar-refractivity contribution is 7.89. The molecule has 1 aromatic heterocycles. The number of rotatable bonds is 4. The molecule has 1 fully saturated rings. The minimum Gasteiger partial charge on any atom is -0.334 e. The molecule has 0 bridgehead atoms. The molecule has 1 aliphatic carbocycles. The standard InChI is InChI=1S/C22H22FN3O3S/c23-19-7-4-17(5-8-19)22-24-21(25-29-22)16-10-12-26(13-11-16)30(27,28)20-9-6-15-2-1-3-18(15)14-20/h4-9,14,16H,1-3,10-13H2. The zero-order valence-electron chi connectivity index (χ0n) is 16.4. The van der Waals surface area contributed by atoms with Gasteiger partial charge >= 0.3 is 0 Å². The molecule has 0 N–H and O–H groups in total. The van der Waals surface area contributed by atoms with Crippen LogP contribution in [-0.2, 0) is 22.9 Å². The molecule has 156 valence electrons. The van der Waals surface area contributed by atoms with E-state index in [0.29, 0.717) is 48.1 Å². The number of sulfonamides is 1. The highest BCUT2D eigenvalue weighted by Gasteiger charge is 2.32. The number of benzene rings is 2. The first-order valence-corrected chi connectivity index (χ1v) is 11.7. The molecule has 30 heavy (non-hydrogen) atoms. The first-order chi connectivity index (χ1) is 14.5. The van der Waals surface area contributed by atoms with Crippen LogP contribution in [0.5, 0.6) is 0 Å². The van der Waals surface area contributed by atoms with Crippen molar-refractivity contribution in [2.45, 2.75) is 42.9 Å². The van der Waals surface area contributed by atoms with E-state index in [1.807, 2.05) is 12.1 Å². The minimum atomic E-state index is -3.50. The Hall–Kier alpha value is -2.58. The van der Waals surface area contributed by atoms with Crippen LogP contribution in [-0.4, -0.2) is 36.0 Å². The Morgan fingerprint density at radius 1 is 1.00 bits per heavy atom. The fraction of sp³-hybridized carbons (Fsp3) is 0.364. The fourth-order valence-corrected chi connectivity index (χ4v) is 5.84. The van der Waals surface area contributed by atoms with Gasteiger partial charge in [-0.25, -0.2) is 12.8 Å². The topological polar surface area (TPSA) is 76.3 Å². The molecule has 1 aliphatic heterocycles. The molecule has 0 saturated carbocycles. The normalized spacial score (nSPS) is 17.9. The molecular formula is C22H22FN3O3S. The van der Waals surface area contributed by atoms with Crippen molar-refractivity contribution in [1.29, 1.82) is 0 Å². The van der Waals surface area contributed by atoms with Crippen LogP contribution in [0.15, 0.2) is 51.9 Å². The van der Waals surface area contributed by atoms with Crippen LogP contribution < -0.4 is 0 Å². The van der Waals surface area contributed by atoms with Gasteiger partial charge < -0.3 is 4.52 Å². The number of piperidine rings is 1. The Kier molecular flexibility index (Phi) is 4.91. The van der Waals surface area contributed by atoms with Crippen molar-refractivity contribution in [3.05, 3.63) is 65.2 Å². The van der Waals surface area contributed by atoms with Gasteiger partial charge in [-0.05, 0) is 79.6 Å². The second-order valence-corrected chi connectivity index (χ2v) is 9.86. The van der Waals surface area contributed by atoms with Crippen LogP contribution in [0.25, 0.3) is 11.5 Å². The van der Waals surface area contributed by atoms with Crippen LogP contribution in [0, 0.1) is 5.82 Å².